The van der Waals surface area contributed by atoms with Crippen molar-refractivity contribution >= 4 is 47.1 Å². The highest BCUT2D eigenvalue weighted by molar-refractivity contribution is 5.96. The summed E-state index contributed by atoms with van der Waals surface area (Å²) in [6.45, 7) is 4.04. The molecule has 2 rings (SSSR count). The fraction of sp³-hybridized carbons (Fsp3) is 0.485. The Bertz CT molecular complexity index is 1660. The summed E-state index contributed by atoms with van der Waals surface area (Å²) in [5.74, 6) is -7.07. The number of hydrogen-bond acceptors (Lipinski definition) is 12. The van der Waals surface area contributed by atoms with Gasteiger partial charge in [-0.3, -0.25) is 43.2 Å². The minimum atomic E-state index is -1.51. The predicted octanol–water partition coefficient (Wildman–Crippen LogP) is -3.25. The van der Waals surface area contributed by atoms with Crippen molar-refractivity contribution in [1.82, 2.24) is 26.6 Å². The molecular formula is C33H46N8O11. The molecule has 0 heterocycles. The molecule has 52 heavy (non-hydrogen) atoms. The molecule has 284 valence electrons. The third-order valence-corrected chi connectivity index (χ3v) is 7.57. The predicted molar refractivity (Wildman–Crippen MR) is 186 cm³/mol. The molecule has 0 radical (unpaired) electrons. The maximum atomic E-state index is 13.6. The number of nitrogens with one attached hydrogen (secondary N) is 6. The Hall–Kier alpha value is -5.85. The van der Waals surface area contributed by atoms with Gasteiger partial charge in [0.15, 0.2) is 5.75 Å². The van der Waals surface area contributed by atoms with Gasteiger partial charge >= 0.3 is 5.97 Å². The van der Waals surface area contributed by atoms with E-state index in [1.807, 2.05) is 0 Å². The highest BCUT2D eigenvalue weighted by Gasteiger charge is 2.32. The van der Waals surface area contributed by atoms with Crippen molar-refractivity contribution < 1.29 is 43.4 Å². The summed E-state index contributed by atoms with van der Waals surface area (Å²) >= 11 is 0. The number of ether oxygens (including phenoxy) is 1. The van der Waals surface area contributed by atoms with Gasteiger partial charge in [-0.15, -0.1) is 0 Å². The van der Waals surface area contributed by atoms with Crippen LogP contribution in [0, 0.1) is 5.92 Å². The van der Waals surface area contributed by atoms with Crippen LogP contribution in [0.2, 0.25) is 0 Å². The molecule has 19 nitrogen and oxygen atoms in total. The van der Waals surface area contributed by atoms with Crippen molar-refractivity contribution in [3.8, 4) is 5.75 Å². The molecule has 2 aromatic rings. The van der Waals surface area contributed by atoms with Crippen LogP contribution in [-0.4, -0.2) is 96.9 Å². The third kappa shape index (κ3) is 13.1. The minimum Gasteiger partial charge on any atom is -0.488 e. The second-order valence-electron chi connectivity index (χ2n) is 12.0. The molecule has 0 spiro atoms. The van der Waals surface area contributed by atoms with Crippen LogP contribution in [0.25, 0.3) is 0 Å². The number of anilines is 1. The summed E-state index contributed by atoms with van der Waals surface area (Å²) in [6, 6.07) is 3.57. The maximum absolute atomic E-state index is 13.6. The van der Waals surface area contributed by atoms with Crippen molar-refractivity contribution in [1.29, 1.82) is 0 Å². The van der Waals surface area contributed by atoms with Crippen molar-refractivity contribution in [3.05, 3.63) is 56.3 Å². The standard InChI is InChI=1S/C33H46N8O11/c1-4-52-29-26(27(46)28(29)47)36-15-22(42)39-21(13-18-9-6-5-7-10-18)32(50)41-25(17(2)3)33(51)40-19(11-8-12-34)31(49)37-16-23(43)38-20(30(35)48)14-24(44)45/h5-7,9-10,17,19-21,25,36H,4,8,11-16,34H2,1-3H3,(H2,35,48)(H,37,49)(H,38,43)(H,39,42)(H,40,51)(H,41,50)(H,44,45). The minimum absolute atomic E-state index is 0.0157. The van der Waals surface area contributed by atoms with Gasteiger partial charge < -0.3 is 53.2 Å². The monoisotopic (exact) mass is 730 g/mol. The number of carbonyl (C=O) groups is 7. The van der Waals surface area contributed by atoms with Crippen LogP contribution < -0.4 is 59.0 Å². The number of benzene rings is 1. The van der Waals surface area contributed by atoms with Crippen LogP contribution in [0.5, 0.6) is 5.75 Å². The van der Waals surface area contributed by atoms with E-state index in [4.69, 9.17) is 21.3 Å². The van der Waals surface area contributed by atoms with E-state index >= 15 is 0 Å². The van der Waals surface area contributed by atoms with Crippen LogP contribution in [0.15, 0.2) is 39.9 Å². The number of carboxylic acids is 1. The maximum Gasteiger partial charge on any atom is 0.305 e. The Morgan fingerprint density at radius 2 is 1.44 bits per heavy atom. The average molecular weight is 731 g/mol. The smallest absolute Gasteiger partial charge is 0.305 e. The van der Waals surface area contributed by atoms with E-state index in [1.54, 1.807) is 51.1 Å². The molecule has 0 saturated carbocycles. The van der Waals surface area contributed by atoms with Gasteiger partial charge in [0.2, 0.25) is 35.4 Å². The lowest BCUT2D eigenvalue weighted by molar-refractivity contribution is -0.140. The number of aliphatic carboxylic acids is 1. The summed E-state index contributed by atoms with van der Waals surface area (Å²) in [5.41, 5.74) is 9.61. The van der Waals surface area contributed by atoms with Crippen LogP contribution >= 0.6 is 0 Å². The van der Waals surface area contributed by atoms with E-state index in [0.717, 1.165) is 0 Å². The molecule has 0 saturated heterocycles. The highest BCUT2D eigenvalue weighted by atomic mass is 16.5. The van der Waals surface area contributed by atoms with E-state index in [2.05, 4.69) is 31.9 Å². The van der Waals surface area contributed by atoms with Crippen LogP contribution in [-0.2, 0) is 40.0 Å². The topological polar surface area (TPSA) is 307 Å². The van der Waals surface area contributed by atoms with Gasteiger partial charge in [0.05, 0.1) is 26.1 Å². The molecule has 0 aliphatic heterocycles. The van der Waals surface area contributed by atoms with Gasteiger partial charge in [0.25, 0.3) is 10.9 Å². The molecule has 19 heteroatoms. The fourth-order valence-electron chi connectivity index (χ4n) is 4.86. The van der Waals surface area contributed by atoms with Gasteiger partial charge in [0.1, 0.15) is 29.9 Å². The van der Waals surface area contributed by atoms with Crippen LogP contribution in [0.4, 0.5) is 5.69 Å². The Morgan fingerprint density at radius 1 is 0.808 bits per heavy atom. The molecule has 0 fully saturated rings. The van der Waals surface area contributed by atoms with E-state index < -0.39 is 102 Å². The number of carbonyl (C=O) groups excluding carboxylic acids is 6. The zero-order chi connectivity index (χ0) is 39.0. The number of rotatable bonds is 23. The van der Waals surface area contributed by atoms with Crippen molar-refractivity contribution in [2.24, 2.45) is 17.4 Å². The van der Waals surface area contributed by atoms with Crippen molar-refractivity contribution in [2.75, 3.05) is 31.6 Å². The first-order valence-electron chi connectivity index (χ1n) is 16.5. The van der Waals surface area contributed by atoms with Crippen LogP contribution in [0.3, 0.4) is 0 Å². The Labute approximate surface area is 298 Å². The molecule has 0 bridgehead atoms. The first-order chi connectivity index (χ1) is 24.6. The molecular weight excluding hydrogens is 684 g/mol. The SMILES string of the molecule is CCOc1c(NCC(=O)NC(Cc2ccccc2)C(=O)NC(C(=O)NC(CCCN)C(=O)NCC(=O)NC(CC(=O)O)C(N)=O)C(C)C)c(=O)c1=O. The molecule has 0 aliphatic carbocycles. The van der Waals surface area contributed by atoms with Gasteiger partial charge in [-0.2, -0.15) is 0 Å². The first kappa shape index (κ1) is 42.3. The number of primary amides is 1. The van der Waals surface area contributed by atoms with Crippen molar-refractivity contribution in [3.63, 3.8) is 0 Å². The normalized spacial score (nSPS) is 13.2. The van der Waals surface area contributed by atoms with Gasteiger partial charge in [-0.05, 0) is 37.8 Å². The lowest BCUT2D eigenvalue weighted by Crippen LogP contribution is -2.59. The third-order valence-electron chi connectivity index (χ3n) is 7.57. The highest BCUT2D eigenvalue weighted by Crippen LogP contribution is 2.16. The number of nitrogens with two attached hydrogens (primary N) is 2. The molecule has 4 atom stereocenters. The molecule has 0 aromatic heterocycles. The molecule has 11 N–H and O–H groups in total. The molecule has 4 unspecified atom stereocenters. The first-order valence-corrected chi connectivity index (χ1v) is 16.5. The average Bonchev–Trinajstić information content (AvgIpc) is 3.09. The quantitative estimate of drug-likeness (QED) is 0.0508. The van der Waals surface area contributed by atoms with Gasteiger partial charge in [0, 0.05) is 6.42 Å². The van der Waals surface area contributed by atoms with E-state index in [9.17, 15) is 43.2 Å². The van der Waals surface area contributed by atoms with E-state index in [0.29, 0.717) is 5.56 Å². The molecule has 6 amide bonds. The number of amides is 6. The zero-order valence-electron chi connectivity index (χ0n) is 29.1. The fourth-order valence-corrected chi connectivity index (χ4v) is 4.86. The second-order valence-corrected chi connectivity index (χ2v) is 12.0. The summed E-state index contributed by atoms with van der Waals surface area (Å²) in [5, 5.41) is 23.7. The van der Waals surface area contributed by atoms with Gasteiger partial charge in [-0.1, -0.05) is 44.2 Å². The number of carboxylic acid groups (broad SMARTS) is 1. The summed E-state index contributed by atoms with van der Waals surface area (Å²) in [6.07, 6.45) is -0.419. The van der Waals surface area contributed by atoms with E-state index in [1.165, 1.54) is 0 Å². The summed E-state index contributed by atoms with van der Waals surface area (Å²) in [7, 11) is 0. The van der Waals surface area contributed by atoms with Gasteiger partial charge in [-0.25, -0.2) is 0 Å². The Balaban J connectivity index is 2.15. The molecule has 0 aliphatic rings. The van der Waals surface area contributed by atoms with Crippen LogP contribution in [0.1, 0.15) is 45.6 Å². The summed E-state index contributed by atoms with van der Waals surface area (Å²) in [4.78, 5) is 112. The lowest BCUT2D eigenvalue weighted by atomic mass is 10.00. The Kier molecular flexibility index (Phi) is 16.9. The second kappa shape index (κ2) is 20.7. The van der Waals surface area contributed by atoms with E-state index in [-0.39, 0.29) is 43.9 Å². The van der Waals surface area contributed by atoms with Crippen molar-refractivity contribution in [2.45, 2.75) is 70.6 Å². The summed E-state index contributed by atoms with van der Waals surface area (Å²) < 4.78 is 5.14. The lowest BCUT2D eigenvalue weighted by Gasteiger charge is -2.27. The largest absolute Gasteiger partial charge is 0.488 e. The number of hydrogen-bond donors (Lipinski definition) is 9. The Morgan fingerprint density at radius 3 is 2.02 bits per heavy atom. The molecule has 2 aromatic carbocycles. The zero-order valence-corrected chi connectivity index (χ0v) is 29.1.